The highest BCUT2D eigenvalue weighted by molar-refractivity contribution is 7.80. The van der Waals surface area contributed by atoms with Gasteiger partial charge in [-0.1, -0.05) is 166 Å². The average molecular weight is 848 g/mol. The number of aliphatic hydroxyl groups excluding tert-OH is 5. The molecule has 1 saturated heterocycles. The molecule has 7 N–H and O–H groups in total. The van der Waals surface area contributed by atoms with Crippen LogP contribution in [-0.4, -0.2) is 107 Å². The molecule has 1 heterocycles. The highest BCUT2D eigenvalue weighted by Crippen LogP contribution is 2.26. The third-order valence-electron chi connectivity index (χ3n) is 10.5. The van der Waals surface area contributed by atoms with Crippen LogP contribution in [0.5, 0.6) is 0 Å². The minimum atomic E-state index is -5.11. The molecule has 1 amide bonds. The number of allylic oxidation sites excluding steroid dienone is 5. The Balaban J connectivity index is 2.49. The Morgan fingerprint density at radius 3 is 1.78 bits per heavy atom. The SMILES string of the molecule is CC/C=C\C/C=C\CCCCCCCCCCCCCCCC(O)C(=O)NC(COC1OC(CO)C(O)C(OS(=O)(=O)O)C1O)C(O)/C=C/CCCCCCCCC. The van der Waals surface area contributed by atoms with Crippen molar-refractivity contribution in [1.29, 1.82) is 0 Å². The summed E-state index contributed by atoms with van der Waals surface area (Å²) in [5, 5.41) is 55.0. The monoisotopic (exact) mass is 848 g/mol. The van der Waals surface area contributed by atoms with Crippen molar-refractivity contribution >= 4 is 16.3 Å². The summed E-state index contributed by atoms with van der Waals surface area (Å²) in [4.78, 5) is 13.1. The third-order valence-corrected chi connectivity index (χ3v) is 11.0. The van der Waals surface area contributed by atoms with Gasteiger partial charge in [0, 0.05) is 0 Å². The first-order valence-corrected chi connectivity index (χ1v) is 23.8. The minimum Gasteiger partial charge on any atom is -0.394 e. The van der Waals surface area contributed by atoms with Gasteiger partial charge in [0.2, 0.25) is 5.91 Å². The maximum Gasteiger partial charge on any atom is 0.397 e. The van der Waals surface area contributed by atoms with Crippen LogP contribution in [0.15, 0.2) is 36.5 Å². The molecule has 0 aromatic heterocycles. The third kappa shape index (κ3) is 27.2. The lowest BCUT2D eigenvalue weighted by Crippen LogP contribution is -2.61. The molecule has 1 fully saturated rings. The summed E-state index contributed by atoms with van der Waals surface area (Å²) in [6.45, 7) is 3.06. The molecule has 0 bridgehead atoms. The van der Waals surface area contributed by atoms with Crippen LogP contribution in [0, 0.1) is 0 Å². The van der Waals surface area contributed by atoms with Gasteiger partial charge in [0.25, 0.3) is 0 Å². The van der Waals surface area contributed by atoms with Gasteiger partial charge in [-0.15, -0.1) is 0 Å². The van der Waals surface area contributed by atoms with E-state index < -0.39 is 78.5 Å². The van der Waals surface area contributed by atoms with Gasteiger partial charge in [-0.25, -0.2) is 4.18 Å². The minimum absolute atomic E-state index is 0.241. The average Bonchev–Trinajstić information content (AvgIpc) is 3.19. The van der Waals surface area contributed by atoms with Crippen molar-refractivity contribution in [3.63, 3.8) is 0 Å². The van der Waals surface area contributed by atoms with E-state index in [-0.39, 0.29) is 6.42 Å². The van der Waals surface area contributed by atoms with Gasteiger partial charge in [0.1, 0.15) is 30.5 Å². The summed E-state index contributed by atoms with van der Waals surface area (Å²) in [5.41, 5.74) is 0. The summed E-state index contributed by atoms with van der Waals surface area (Å²) in [7, 11) is -5.11. The fraction of sp³-hybridized carbons (Fsp3) is 0.841. The smallest absolute Gasteiger partial charge is 0.394 e. The van der Waals surface area contributed by atoms with Crippen LogP contribution in [0.3, 0.4) is 0 Å². The number of nitrogens with one attached hydrogen (secondary N) is 1. The normalized spacial score (nSPS) is 22.0. The molecule has 13 nitrogen and oxygen atoms in total. The lowest BCUT2D eigenvalue weighted by molar-refractivity contribution is -0.298. The Labute approximate surface area is 350 Å². The van der Waals surface area contributed by atoms with Crippen molar-refractivity contribution < 1.29 is 57.0 Å². The molecule has 1 aliphatic heterocycles. The van der Waals surface area contributed by atoms with Crippen LogP contribution in [-0.2, 0) is 28.9 Å². The summed E-state index contributed by atoms with van der Waals surface area (Å²) in [5.74, 6) is -0.707. The second kappa shape index (κ2) is 34.9. The topological polar surface area (TPSA) is 212 Å². The first kappa shape index (κ1) is 54.3. The summed E-state index contributed by atoms with van der Waals surface area (Å²) >= 11 is 0. The van der Waals surface area contributed by atoms with Gasteiger partial charge < -0.3 is 40.3 Å². The molecule has 58 heavy (non-hydrogen) atoms. The lowest BCUT2D eigenvalue weighted by Gasteiger charge is -2.41. The molecule has 340 valence electrons. The molecule has 14 heteroatoms. The number of ether oxygens (including phenoxy) is 2. The molecule has 8 atom stereocenters. The van der Waals surface area contributed by atoms with Crippen molar-refractivity contribution in [2.45, 2.75) is 223 Å². The van der Waals surface area contributed by atoms with E-state index in [1.807, 2.05) is 6.08 Å². The molecular weight excluding hydrogens is 767 g/mol. The lowest BCUT2D eigenvalue weighted by atomic mass is 9.99. The van der Waals surface area contributed by atoms with E-state index in [1.165, 1.54) is 96.0 Å². The zero-order chi connectivity index (χ0) is 42.9. The second-order valence-electron chi connectivity index (χ2n) is 15.7. The number of hydrogen-bond donors (Lipinski definition) is 7. The Hall–Kier alpha value is -1.72. The van der Waals surface area contributed by atoms with Crippen molar-refractivity contribution in [1.82, 2.24) is 5.32 Å². The predicted octanol–water partition coefficient (Wildman–Crippen LogP) is 7.30. The van der Waals surface area contributed by atoms with E-state index in [0.29, 0.717) is 12.8 Å². The van der Waals surface area contributed by atoms with Crippen molar-refractivity contribution in [2.24, 2.45) is 0 Å². The largest absolute Gasteiger partial charge is 0.397 e. The molecule has 0 aromatic rings. The van der Waals surface area contributed by atoms with Gasteiger partial charge in [-0.05, 0) is 44.9 Å². The van der Waals surface area contributed by atoms with Gasteiger partial charge in [-0.3, -0.25) is 9.35 Å². The molecule has 1 rings (SSSR count). The van der Waals surface area contributed by atoms with E-state index in [2.05, 4.69) is 47.7 Å². The van der Waals surface area contributed by atoms with E-state index >= 15 is 0 Å². The molecule has 0 radical (unpaired) electrons. The number of unbranched alkanes of at least 4 members (excludes halogenated alkanes) is 20. The summed E-state index contributed by atoms with van der Waals surface area (Å²) < 4.78 is 47.4. The number of aliphatic hydroxyl groups is 5. The number of amides is 1. The second-order valence-corrected chi connectivity index (χ2v) is 16.8. The molecular formula is C44H81NO12S. The van der Waals surface area contributed by atoms with Gasteiger partial charge >= 0.3 is 10.4 Å². The van der Waals surface area contributed by atoms with Gasteiger partial charge in [0.05, 0.1) is 25.4 Å². The molecule has 1 aliphatic rings. The van der Waals surface area contributed by atoms with Crippen LogP contribution in [0.4, 0.5) is 0 Å². The highest BCUT2D eigenvalue weighted by atomic mass is 32.3. The Bertz CT molecular complexity index is 1200. The van der Waals surface area contributed by atoms with Crippen LogP contribution >= 0.6 is 0 Å². The fourth-order valence-corrected chi connectivity index (χ4v) is 7.48. The van der Waals surface area contributed by atoms with Gasteiger partial charge in [0.15, 0.2) is 6.29 Å². The number of carbonyl (C=O) groups excluding carboxylic acids is 1. The summed E-state index contributed by atoms with van der Waals surface area (Å²) in [6, 6.07) is -1.12. The Morgan fingerprint density at radius 2 is 1.24 bits per heavy atom. The zero-order valence-electron chi connectivity index (χ0n) is 35.7. The van der Waals surface area contributed by atoms with E-state index in [4.69, 9.17) is 14.0 Å². The van der Waals surface area contributed by atoms with Crippen molar-refractivity contribution in [3.8, 4) is 0 Å². The maximum atomic E-state index is 13.1. The fourth-order valence-electron chi connectivity index (χ4n) is 6.97. The standard InChI is InChI=1S/C44H81NO12S/c1-3-5-7-9-11-13-14-15-16-17-18-19-20-21-22-23-25-27-29-31-33-38(48)43(51)45-36(37(47)32-30-28-26-24-12-10-8-6-4-2)35-55-44-41(50)42(57-58(52,53)54)40(49)39(34-46)56-44/h5,7,11,13,30,32,36-42,44,46-50H,3-4,6,8-10,12,14-29,31,33-35H2,1-2H3,(H,45,51)(H,52,53,54)/b7-5-,13-11-,32-30+. The quantitative estimate of drug-likeness (QED) is 0.0187. The van der Waals surface area contributed by atoms with Crippen LogP contribution in [0.1, 0.15) is 174 Å². The maximum absolute atomic E-state index is 13.1. The first-order chi connectivity index (χ1) is 27.9. The van der Waals surface area contributed by atoms with Crippen molar-refractivity contribution in [3.05, 3.63) is 36.5 Å². The van der Waals surface area contributed by atoms with Gasteiger partial charge in [-0.2, -0.15) is 8.42 Å². The highest BCUT2D eigenvalue weighted by Gasteiger charge is 2.48. The first-order valence-electron chi connectivity index (χ1n) is 22.5. The van der Waals surface area contributed by atoms with Crippen LogP contribution < -0.4 is 5.32 Å². The van der Waals surface area contributed by atoms with Crippen molar-refractivity contribution in [2.75, 3.05) is 13.2 Å². The van der Waals surface area contributed by atoms with E-state index in [0.717, 1.165) is 51.4 Å². The zero-order valence-corrected chi connectivity index (χ0v) is 36.5. The number of hydrogen-bond acceptors (Lipinski definition) is 11. The molecule has 0 aliphatic carbocycles. The molecule has 0 aromatic carbocycles. The number of rotatable bonds is 37. The Kier molecular flexibility index (Phi) is 32.7. The summed E-state index contributed by atoms with van der Waals surface area (Å²) in [6.07, 6.45) is 28.2. The molecule has 8 unspecified atom stereocenters. The molecule has 0 spiro atoms. The molecule has 0 saturated carbocycles. The van der Waals surface area contributed by atoms with Crippen LogP contribution in [0.2, 0.25) is 0 Å². The van der Waals surface area contributed by atoms with E-state index in [9.17, 15) is 38.7 Å². The predicted molar refractivity (Wildman–Crippen MR) is 228 cm³/mol. The Morgan fingerprint density at radius 1 is 0.724 bits per heavy atom. The number of carbonyl (C=O) groups is 1. The van der Waals surface area contributed by atoms with E-state index in [1.54, 1.807) is 0 Å². The van der Waals surface area contributed by atoms with Crippen LogP contribution in [0.25, 0.3) is 0 Å².